The lowest BCUT2D eigenvalue weighted by atomic mass is 10.0. The number of aliphatic hydroxyl groups is 1. The quantitative estimate of drug-likeness (QED) is 0.0815. The highest BCUT2D eigenvalue weighted by Gasteiger charge is 2.38. The van der Waals surface area contributed by atoms with Gasteiger partial charge in [0, 0.05) is 32.2 Å². The predicted molar refractivity (Wildman–Crippen MR) is 244 cm³/mol. The Hall–Kier alpha value is -6.36. The van der Waals surface area contributed by atoms with E-state index in [1.807, 2.05) is 61.3 Å². The highest BCUT2D eigenvalue weighted by molar-refractivity contribution is 7.31. The number of benzene rings is 3. The topological polar surface area (TPSA) is 186 Å². The number of fused-ring (bicyclic) bond motifs is 2. The smallest absolute Gasteiger partial charge is 0.407 e. The van der Waals surface area contributed by atoms with Crippen LogP contribution in [0.15, 0.2) is 91.1 Å². The molecule has 2 aliphatic rings. The van der Waals surface area contributed by atoms with Crippen LogP contribution in [0.1, 0.15) is 74.9 Å². The predicted octanol–water partition coefficient (Wildman–Crippen LogP) is 8.12. The van der Waals surface area contributed by atoms with Crippen LogP contribution in [-0.2, 0) is 19.1 Å². The fourth-order valence-electron chi connectivity index (χ4n) is 8.74. The summed E-state index contributed by atoms with van der Waals surface area (Å²) in [7, 11) is 1.29. The van der Waals surface area contributed by atoms with Crippen LogP contribution in [0.5, 0.6) is 0 Å². The maximum Gasteiger partial charge on any atom is 0.407 e. The molecule has 4 aromatic heterocycles. The Labute approximate surface area is 371 Å². The van der Waals surface area contributed by atoms with Gasteiger partial charge >= 0.3 is 6.09 Å². The molecule has 0 spiro atoms. The lowest BCUT2D eigenvalue weighted by molar-refractivity contribution is -0.139. The molecule has 6 heterocycles. The Morgan fingerprint density at radius 2 is 1.43 bits per heavy atom. The number of hydrogen-bond acceptors (Lipinski definition) is 10. The van der Waals surface area contributed by atoms with Crippen molar-refractivity contribution in [1.82, 2.24) is 40.4 Å². The minimum atomic E-state index is -0.880. The van der Waals surface area contributed by atoms with Crippen LogP contribution >= 0.6 is 22.7 Å². The maximum absolute atomic E-state index is 14.0. The first-order valence-electron chi connectivity index (χ1n) is 21.2. The zero-order chi connectivity index (χ0) is 43.8. The molecule has 9 rings (SSSR count). The first kappa shape index (κ1) is 42.0. The minimum absolute atomic E-state index is 0.135. The van der Waals surface area contributed by atoms with Crippen LogP contribution in [0.25, 0.3) is 52.6 Å². The van der Waals surface area contributed by atoms with Gasteiger partial charge in [0.2, 0.25) is 11.8 Å². The van der Waals surface area contributed by atoms with Crippen LogP contribution in [0, 0.1) is 5.92 Å². The molecule has 4 amide bonds. The summed E-state index contributed by atoms with van der Waals surface area (Å²) in [4.78, 5) is 74.3. The molecule has 63 heavy (non-hydrogen) atoms. The first-order valence-corrected chi connectivity index (χ1v) is 22.8. The Morgan fingerprint density at radius 3 is 2.10 bits per heavy atom. The molecule has 2 fully saturated rings. The number of likely N-dealkylation sites (tertiary alicyclic amines) is 2. The molecule has 14 nitrogen and oxygen atoms in total. The Balaban J connectivity index is 0.879. The number of methoxy groups -OCH3 is 1. The third kappa shape index (κ3) is 8.45. The summed E-state index contributed by atoms with van der Waals surface area (Å²) in [6, 6.07) is 26.3. The molecule has 3 aromatic carbocycles. The summed E-state index contributed by atoms with van der Waals surface area (Å²) in [5, 5.41) is 14.7. The molecule has 0 bridgehead atoms. The van der Waals surface area contributed by atoms with E-state index in [0.29, 0.717) is 24.5 Å². The largest absolute Gasteiger partial charge is 0.453 e. The van der Waals surface area contributed by atoms with E-state index in [2.05, 4.69) is 74.1 Å². The normalized spacial score (nSPS) is 17.4. The van der Waals surface area contributed by atoms with Crippen molar-refractivity contribution >= 4 is 66.9 Å². The van der Waals surface area contributed by atoms with E-state index < -0.39 is 30.7 Å². The van der Waals surface area contributed by atoms with Gasteiger partial charge in [-0.15, -0.1) is 22.7 Å². The molecule has 324 valence electrons. The first-order chi connectivity index (χ1) is 30.6. The van der Waals surface area contributed by atoms with Gasteiger partial charge < -0.3 is 40.2 Å². The summed E-state index contributed by atoms with van der Waals surface area (Å²) in [5.74, 6) is 0.371. The number of thiophene rings is 2. The van der Waals surface area contributed by atoms with Gasteiger partial charge in [-0.05, 0) is 78.1 Å². The second-order valence-corrected chi connectivity index (χ2v) is 18.5. The second-order valence-electron chi connectivity index (χ2n) is 16.4. The van der Waals surface area contributed by atoms with Gasteiger partial charge in [0.1, 0.15) is 30.3 Å². The van der Waals surface area contributed by atoms with Crippen molar-refractivity contribution in [1.29, 1.82) is 0 Å². The molecule has 16 heteroatoms. The number of imidazole rings is 2. The molecule has 0 saturated carbocycles. The average molecular weight is 885 g/mol. The number of amides is 4. The van der Waals surface area contributed by atoms with Crippen LogP contribution in [0.3, 0.4) is 0 Å². The van der Waals surface area contributed by atoms with Crippen LogP contribution < -0.4 is 10.6 Å². The second kappa shape index (κ2) is 17.8. The summed E-state index contributed by atoms with van der Waals surface area (Å²) < 4.78 is 7.26. The summed E-state index contributed by atoms with van der Waals surface area (Å²) in [6.07, 6.45) is 4.32. The molecule has 0 radical (unpaired) electrons. The third-order valence-electron chi connectivity index (χ3n) is 12.0. The SMILES string of the molecule is COC(=O)N[C@@H](C(=O)N1CCCC1c1nc2cc(-c3cc4sc(-c5ccc(-c6cnc([C@@H]7CCCN7C(=O)[C@@H](NC(=O)CO)C(C)C)[nH]6)cc5)cc4s3)ccc2[nH]1)c1ccccc1. The van der Waals surface area contributed by atoms with E-state index in [-0.39, 0.29) is 29.8 Å². The molecular formula is C47H48N8O6S2. The lowest BCUT2D eigenvalue weighted by Gasteiger charge is -2.30. The number of alkyl carbamates (subject to hydrolysis) is 1. The number of aliphatic hydroxyl groups excluding tert-OH is 1. The van der Waals surface area contributed by atoms with Crippen molar-refractivity contribution in [3.63, 3.8) is 0 Å². The molecule has 1 unspecified atom stereocenters. The van der Waals surface area contributed by atoms with Crippen molar-refractivity contribution in [3.05, 3.63) is 108 Å². The number of carbonyl (C=O) groups is 4. The summed E-state index contributed by atoms with van der Waals surface area (Å²) in [5.41, 5.74) is 6.45. The average Bonchev–Trinajstić information content (AvgIpc) is 4.16. The lowest BCUT2D eigenvalue weighted by Crippen LogP contribution is -2.51. The van der Waals surface area contributed by atoms with Gasteiger partial charge in [0.25, 0.3) is 5.91 Å². The molecule has 2 aliphatic heterocycles. The number of nitrogens with zero attached hydrogens (tertiary/aromatic N) is 4. The minimum Gasteiger partial charge on any atom is -0.453 e. The van der Waals surface area contributed by atoms with Gasteiger partial charge in [-0.3, -0.25) is 14.4 Å². The van der Waals surface area contributed by atoms with E-state index in [9.17, 15) is 24.3 Å². The highest BCUT2D eigenvalue weighted by atomic mass is 32.1. The van der Waals surface area contributed by atoms with Gasteiger partial charge in [0.15, 0.2) is 0 Å². The zero-order valence-corrected chi connectivity index (χ0v) is 36.7. The fraction of sp³-hybridized carbons (Fsp3) is 0.319. The van der Waals surface area contributed by atoms with Gasteiger partial charge in [-0.25, -0.2) is 14.8 Å². The van der Waals surface area contributed by atoms with Crippen molar-refractivity contribution in [2.75, 3.05) is 26.8 Å². The number of H-pyrrole nitrogens is 2. The fourth-order valence-corrected chi connectivity index (χ4v) is 11.1. The van der Waals surface area contributed by atoms with E-state index >= 15 is 0 Å². The number of hydrogen-bond donors (Lipinski definition) is 5. The monoisotopic (exact) mass is 884 g/mol. The van der Waals surface area contributed by atoms with E-state index in [1.54, 1.807) is 27.6 Å². The van der Waals surface area contributed by atoms with Crippen LogP contribution in [-0.4, -0.2) is 91.5 Å². The number of nitrogens with one attached hydrogen (secondary N) is 4. The number of ether oxygens (including phenoxy) is 1. The van der Waals surface area contributed by atoms with Crippen molar-refractivity contribution in [3.8, 4) is 32.1 Å². The van der Waals surface area contributed by atoms with Crippen molar-refractivity contribution < 1.29 is 29.0 Å². The molecule has 4 atom stereocenters. The van der Waals surface area contributed by atoms with Crippen LogP contribution in [0.2, 0.25) is 0 Å². The number of rotatable bonds is 12. The number of aromatic nitrogens is 4. The Morgan fingerprint density at radius 1 is 0.794 bits per heavy atom. The summed E-state index contributed by atoms with van der Waals surface area (Å²) >= 11 is 3.50. The highest BCUT2D eigenvalue weighted by Crippen LogP contribution is 2.43. The van der Waals surface area contributed by atoms with Crippen LogP contribution in [0.4, 0.5) is 4.79 Å². The van der Waals surface area contributed by atoms with E-state index in [4.69, 9.17) is 9.72 Å². The third-order valence-corrected chi connectivity index (χ3v) is 14.4. The van der Waals surface area contributed by atoms with Crippen molar-refractivity contribution in [2.24, 2.45) is 5.92 Å². The van der Waals surface area contributed by atoms with Gasteiger partial charge in [-0.2, -0.15) is 0 Å². The Kier molecular flexibility index (Phi) is 11.8. The Bertz CT molecular complexity index is 2760. The standard InChI is InChI=1S/C47H48N8O6S2/c1-26(2)41(52-40(57)25-56)45(58)54-19-7-11-34(54)43-48-24-33(51-43)27-13-15-28(16-14-27)36-22-38-39(62-36)23-37(63-38)30-17-18-31-32(21-30)50-44(49-31)35-12-8-20-55(35)46(59)42(53-47(60)61-3)29-9-5-4-6-10-29/h4-6,9-10,13-18,21-24,26,34-35,41-42,56H,7-8,11-12,19-20,25H2,1-3H3,(H,48,51)(H,49,50)(H,52,57)(H,53,60)/t34-,35?,41-,42+/m0/s1. The molecule has 5 N–H and O–H groups in total. The molecule has 2 saturated heterocycles. The zero-order valence-electron chi connectivity index (χ0n) is 35.1. The molecule has 7 aromatic rings. The number of aromatic amines is 2. The molecular weight excluding hydrogens is 837 g/mol. The van der Waals surface area contributed by atoms with E-state index in [0.717, 1.165) is 69.8 Å². The molecule has 0 aliphatic carbocycles. The summed E-state index contributed by atoms with van der Waals surface area (Å²) in [6.45, 7) is 4.23. The van der Waals surface area contributed by atoms with Gasteiger partial charge in [0.05, 0.1) is 42.1 Å². The van der Waals surface area contributed by atoms with Gasteiger partial charge in [-0.1, -0.05) is 74.5 Å². The maximum atomic E-state index is 14.0. The van der Waals surface area contributed by atoms with E-state index in [1.165, 1.54) is 21.4 Å². The number of carbonyl (C=O) groups excluding carboxylic acids is 4. The van der Waals surface area contributed by atoms with Crippen molar-refractivity contribution in [2.45, 2.75) is 63.7 Å².